The monoisotopic (exact) mass is 299 g/mol. The van der Waals surface area contributed by atoms with Crippen LogP contribution in [0.1, 0.15) is 15.9 Å². The summed E-state index contributed by atoms with van der Waals surface area (Å²) in [6, 6.07) is 7.79. The van der Waals surface area contributed by atoms with Crippen molar-refractivity contribution in [2.75, 3.05) is 32.9 Å². The van der Waals surface area contributed by atoms with E-state index in [1.165, 1.54) is 6.20 Å². The zero-order chi connectivity index (χ0) is 16.1. The van der Waals surface area contributed by atoms with E-state index in [2.05, 4.69) is 15.3 Å². The van der Waals surface area contributed by atoms with Crippen molar-refractivity contribution in [2.45, 2.75) is 6.92 Å². The third-order valence-electron chi connectivity index (χ3n) is 3.29. The SMILES string of the molecule is Cc1ccccc1-c1ncc(C(=O)NCCN(C)C)c(N)n1. The number of aromatic nitrogens is 2. The van der Waals surface area contributed by atoms with Crippen molar-refractivity contribution < 1.29 is 4.79 Å². The number of amides is 1. The zero-order valence-corrected chi connectivity index (χ0v) is 13.1. The molecule has 0 aliphatic carbocycles. The normalized spacial score (nSPS) is 10.7. The van der Waals surface area contributed by atoms with Gasteiger partial charge < -0.3 is 16.0 Å². The van der Waals surface area contributed by atoms with Crippen LogP contribution in [0.3, 0.4) is 0 Å². The van der Waals surface area contributed by atoms with Gasteiger partial charge in [-0.1, -0.05) is 24.3 Å². The summed E-state index contributed by atoms with van der Waals surface area (Å²) in [5, 5.41) is 2.80. The molecule has 0 aliphatic heterocycles. The number of anilines is 1. The summed E-state index contributed by atoms with van der Waals surface area (Å²) in [4.78, 5) is 22.6. The number of nitrogens with one attached hydrogen (secondary N) is 1. The van der Waals surface area contributed by atoms with Crippen LogP contribution >= 0.6 is 0 Å². The number of benzene rings is 1. The van der Waals surface area contributed by atoms with Gasteiger partial charge >= 0.3 is 0 Å². The number of likely N-dealkylation sites (N-methyl/N-ethyl adjacent to an activating group) is 1. The van der Waals surface area contributed by atoms with E-state index >= 15 is 0 Å². The summed E-state index contributed by atoms with van der Waals surface area (Å²) in [7, 11) is 3.89. The Balaban J connectivity index is 2.16. The Morgan fingerprint density at radius 2 is 2.05 bits per heavy atom. The zero-order valence-electron chi connectivity index (χ0n) is 13.1. The van der Waals surface area contributed by atoms with Gasteiger partial charge in [-0.25, -0.2) is 9.97 Å². The Hall–Kier alpha value is -2.47. The molecule has 0 atom stereocenters. The molecule has 0 unspecified atom stereocenters. The molecule has 0 aliphatic rings. The van der Waals surface area contributed by atoms with E-state index in [9.17, 15) is 4.79 Å². The molecule has 1 amide bonds. The fourth-order valence-corrected chi connectivity index (χ4v) is 2.01. The summed E-state index contributed by atoms with van der Waals surface area (Å²) in [6.07, 6.45) is 1.48. The number of rotatable bonds is 5. The second kappa shape index (κ2) is 7.00. The molecule has 6 heteroatoms. The van der Waals surface area contributed by atoms with Crippen molar-refractivity contribution >= 4 is 11.7 Å². The first kappa shape index (κ1) is 15.9. The molecule has 116 valence electrons. The summed E-state index contributed by atoms with van der Waals surface area (Å²) in [5.41, 5.74) is 8.19. The van der Waals surface area contributed by atoms with Crippen LogP contribution in [0.2, 0.25) is 0 Å². The molecule has 0 saturated heterocycles. The maximum Gasteiger partial charge on any atom is 0.256 e. The molecule has 0 fully saturated rings. The maximum atomic E-state index is 12.1. The van der Waals surface area contributed by atoms with Gasteiger partial charge in [0, 0.05) is 24.8 Å². The van der Waals surface area contributed by atoms with Gasteiger partial charge in [-0.2, -0.15) is 0 Å². The molecule has 6 nitrogen and oxygen atoms in total. The van der Waals surface area contributed by atoms with Crippen molar-refractivity contribution in [3.8, 4) is 11.4 Å². The third kappa shape index (κ3) is 3.79. The Morgan fingerprint density at radius 1 is 1.32 bits per heavy atom. The van der Waals surface area contributed by atoms with Crippen LogP contribution in [0, 0.1) is 6.92 Å². The smallest absolute Gasteiger partial charge is 0.256 e. The Morgan fingerprint density at radius 3 is 2.68 bits per heavy atom. The number of aryl methyl sites for hydroxylation is 1. The quantitative estimate of drug-likeness (QED) is 0.870. The molecule has 1 aromatic carbocycles. The maximum absolute atomic E-state index is 12.1. The predicted octanol–water partition coefficient (Wildman–Crippen LogP) is 1.33. The van der Waals surface area contributed by atoms with Crippen LogP contribution in [0.25, 0.3) is 11.4 Å². The number of nitrogens with zero attached hydrogens (tertiary/aromatic N) is 3. The first-order valence-electron chi connectivity index (χ1n) is 7.10. The average Bonchev–Trinajstić information content (AvgIpc) is 2.47. The van der Waals surface area contributed by atoms with Gasteiger partial charge in [-0.05, 0) is 26.6 Å². The standard InChI is InChI=1S/C16H21N5O/c1-11-6-4-5-7-12(11)15-19-10-13(14(17)20-15)16(22)18-8-9-21(2)3/h4-7,10H,8-9H2,1-3H3,(H,18,22)(H2,17,19,20). The van der Waals surface area contributed by atoms with E-state index in [0.717, 1.165) is 17.7 Å². The average molecular weight is 299 g/mol. The first-order valence-corrected chi connectivity index (χ1v) is 7.10. The highest BCUT2D eigenvalue weighted by Crippen LogP contribution is 2.20. The molecule has 0 spiro atoms. The van der Waals surface area contributed by atoms with Crippen LogP contribution in [0.4, 0.5) is 5.82 Å². The van der Waals surface area contributed by atoms with E-state index in [-0.39, 0.29) is 11.7 Å². The van der Waals surface area contributed by atoms with E-state index < -0.39 is 0 Å². The lowest BCUT2D eigenvalue weighted by Gasteiger charge is -2.11. The van der Waals surface area contributed by atoms with E-state index in [4.69, 9.17) is 5.73 Å². The van der Waals surface area contributed by atoms with Crippen molar-refractivity contribution in [2.24, 2.45) is 0 Å². The van der Waals surface area contributed by atoms with Crippen molar-refractivity contribution in [1.82, 2.24) is 20.2 Å². The Bertz CT molecular complexity index is 669. The molecule has 22 heavy (non-hydrogen) atoms. The van der Waals surface area contributed by atoms with Gasteiger partial charge in [0.25, 0.3) is 5.91 Å². The second-order valence-corrected chi connectivity index (χ2v) is 5.37. The summed E-state index contributed by atoms with van der Waals surface area (Å²) in [5.74, 6) is 0.465. The molecular formula is C16H21N5O. The third-order valence-corrected chi connectivity index (χ3v) is 3.29. The van der Waals surface area contributed by atoms with Crippen LogP contribution in [-0.4, -0.2) is 48.0 Å². The molecule has 2 rings (SSSR count). The highest BCUT2D eigenvalue weighted by molar-refractivity contribution is 5.98. The Kier molecular flexibility index (Phi) is 5.06. The molecule has 0 radical (unpaired) electrons. The number of nitrogen functional groups attached to an aromatic ring is 1. The number of carbonyl (C=O) groups is 1. The second-order valence-electron chi connectivity index (χ2n) is 5.37. The molecular weight excluding hydrogens is 278 g/mol. The lowest BCUT2D eigenvalue weighted by Crippen LogP contribution is -2.32. The number of nitrogens with two attached hydrogens (primary N) is 1. The largest absolute Gasteiger partial charge is 0.383 e. The lowest BCUT2D eigenvalue weighted by molar-refractivity contribution is 0.0951. The molecule has 1 heterocycles. The highest BCUT2D eigenvalue weighted by Gasteiger charge is 2.13. The van der Waals surface area contributed by atoms with E-state index in [1.807, 2.05) is 50.2 Å². The van der Waals surface area contributed by atoms with Crippen molar-refractivity contribution in [1.29, 1.82) is 0 Å². The summed E-state index contributed by atoms with van der Waals surface area (Å²) >= 11 is 0. The molecule has 3 N–H and O–H groups in total. The highest BCUT2D eigenvalue weighted by atomic mass is 16.1. The van der Waals surface area contributed by atoms with Gasteiger partial charge in [0.15, 0.2) is 5.82 Å². The molecule has 0 bridgehead atoms. The van der Waals surface area contributed by atoms with Crippen LogP contribution < -0.4 is 11.1 Å². The summed E-state index contributed by atoms with van der Waals surface area (Å²) < 4.78 is 0. The molecule has 0 saturated carbocycles. The fourth-order valence-electron chi connectivity index (χ4n) is 2.01. The molecule has 2 aromatic rings. The van der Waals surface area contributed by atoms with Crippen LogP contribution in [0.15, 0.2) is 30.5 Å². The number of carbonyl (C=O) groups excluding carboxylic acids is 1. The van der Waals surface area contributed by atoms with Gasteiger partial charge in [0.2, 0.25) is 0 Å². The minimum atomic E-state index is -0.254. The van der Waals surface area contributed by atoms with Gasteiger partial charge in [0.1, 0.15) is 5.82 Å². The van der Waals surface area contributed by atoms with E-state index in [0.29, 0.717) is 17.9 Å². The topological polar surface area (TPSA) is 84.1 Å². The van der Waals surface area contributed by atoms with Crippen molar-refractivity contribution in [3.63, 3.8) is 0 Å². The fraction of sp³-hybridized carbons (Fsp3) is 0.312. The van der Waals surface area contributed by atoms with Gasteiger partial charge in [-0.15, -0.1) is 0 Å². The number of hydrogen-bond donors (Lipinski definition) is 2. The van der Waals surface area contributed by atoms with Gasteiger partial charge in [0.05, 0.1) is 5.56 Å². The van der Waals surface area contributed by atoms with Gasteiger partial charge in [-0.3, -0.25) is 4.79 Å². The minimum Gasteiger partial charge on any atom is -0.383 e. The van der Waals surface area contributed by atoms with Crippen LogP contribution in [0.5, 0.6) is 0 Å². The lowest BCUT2D eigenvalue weighted by atomic mass is 10.1. The first-order chi connectivity index (χ1) is 10.5. The van der Waals surface area contributed by atoms with Crippen LogP contribution in [-0.2, 0) is 0 Å². The minimum absolute atomic E-state index is 0.190. The predicted molar refractivity (Wildman–Crippen MR) is 87.5 cm³/mol. The molecule has 1 aromatic heterocycles. The van der Waals surface area contributed by atoms with Crippen molar-refractivity contribution in [3.05, 3.63) is 41.6 Å². The Labute approximate surface area is 130 Å². The van der Waals surface area contributed by atoms with E-state index in [1.54, 1.807) is 0 Å². The number of hydrogen-bond acceptors (Lipinski definition) is 5. The summed E-state index contributed by atoms with van der Waals surface area (Å²) in [6.45, 7) is 3.29.